The number of aryl methyl sites for hydroxylation is 2. The highest BCUT2D eigenvalue weighted by Gasteiger charge is 2.19. The maximum atomic E-state index is 2.35. The summed E-state index contributed by atoms with van der Waals surface area (Å²) < 4.78 is 0. The predicted molar refractivity (Wildman–Crippen MR) is 105 cm³/mol. The fraction of sp³-hybridized carbons (Fsp3) is 0.250. The molecule has 0 aliphatic carbocycles. The summed E-state index contributed by atoms with van der Waals surface area (Å²) in [6.45, 7) is 9.07. The van der Waals surface area contributed by atoms with Crippen molar-refractivity contribution in [2.45, 2.75) is 40.0 Å². The molecule has 0 heteroatoms. The molecular weight excluding hydrogens is 288 g/mol. The minimum atomic E-state index is 0.385. The molecule has 24 heavy (non-hydrogen) atoms. The Bertz CT molecular complexity index is 828. The predicted octanol–water partition coefficient (Wildman–Crippen LogP) is 6.68. The molecule has 0 heterocycles. The van der Waals surface area contributed by atoms with E-state index in [1.54, 1.807) is 0 Å². The Labute approximate surface area is 146 Å². The Hall–Kier alpha value is -2.34. The van der Waals surface area contributed by atoms with Gasteiger partial charge in [0.2, 0.25) is 0 Å². The molecule has 3 aromatic carbocycles. The zero-order chi connectivity index (χ0) is 17.1. The molecule has 3 aromatic rings. The summed E-state index contributed by atoms with van der Waals surface area (Å²) in [6, 6.07) is 24.2. The molecule has 0 nitrogen and oxygen atoms in total. The van der Waals surface area contributed by atoms with Crippen LogP contribution in [0.1, 0.15) is 47.6 Å². The summed E-state index contributed by atoms with van der Waals surface area (Å²) in [5, 5.41) is 0. The Morgan fingerprint density at radius 3 is 2.17 bits per heavy atom. The molecule has 1 unspecified atom stereocenters. The van der Waals surface area contributed by atoms with Crippen LogP contribution < -0.4 is 0 Å². The molecule has 0 spiro atoms. The standard InChI is InChI=1S/C24H26/c1-5-20-11-9-10-14-22(20)19(4)24-18(3)17(2)15-16-23(24)21-12-7-6-8-13-21/h6-16,19H,5H2,1-4H3. The van der Waals surface area contributed by atoms with Gasteiger partial charge in [0.1, 0.15) is 0 Å². The van der Waals surface area contributed by atoms with E-state index < -0.39 is 0 Å². The van der Waals surface area contributed by atoms with Gasteiger partial charge in [-0.15, -0.1) is 0 Å². The van der Waals surface area contributed by atoms with Crippen LogP contribution >= 0.6 is 0 Å². The summed E-state index contributed by atoms with van der Waals surface area (Å²) in [5.74, 6) is 0.385. The van der Waals surface area contributed by atoms with Crippen molar-refractivity contribution in [1.82, 2.24) is 0 Å². The lowest BCUT2D eigenvalue weighted by atomic mass is 9.81. The Morgan fingerprint density at radius 1 is 0.792 bits per heavy atom. The summed E-state index contributed by atoms with van der Waals surface area (Å²) in [6.07, 6.45) is 1.08. The van der Waals surface area contributed by atoms with Crippen molar-refractivity contribution in [3.8, 4) is 11.1 Å². The van der Waals surface area contributed by atoms with E-state index in [1.165, 1.54) is 38.9 Å². The van der Waals surface area contributed by atoms with Crippen molar-refractivity contribution >= 4 is 0 Å². The van der Waals surface area contributed by atoms with Gasteiger partial charge in [-0.1, -0.05) is 80.6 Å². The van der Waals surface area contributed by atoms with E-state index in [2.05, 4.69) is 94.4 Å². The Morgan fingerprint density at radius 2 is 1.46 bits per heavy atom. The van der Waals surface area contributed by atoms with Crippen molar-refractivity contribution in [1.29, 1.82) is 0 Å². The van der Waals surface area contributed by atoms with E-state index in [-0.39, 0.29) is 0 Å². The van der Waals surface area contributed by atoms with Gasteiger partial charge in [-0.3, -0.25) is 0 Å². The van der Waals surface area contributed by atoms with Gasteiger partial charge in [-0.25, -0.2) is 0 Å². The molecule has 0 radical (unpaired) electrons. The van der Waals surface area contributed by atoms with Gasteiger partial charge in [0, 0.05) is 5.92 Å². The van der Waals surface area contributed by atoms with Crippen molar-refractivity contribution < 1.29 is 0 Å². The van der Waals surface area contributed by atoms with Gasteiger partial charge >= 0.3 is 0 Å². The Balaban J connectivity index is 2.21. The van der Waals surface area contributed by atoms with Gasteiger partial charge in [0.05, 0.1) is 0 Å². The molecule has 1 atom stereocenters. The molecular formula is C24H26. The van der Waals surface area contributed by atoms with Gasteiger partial charge in [-0.2, -0.15) is 0 Å². The lowest BCUT2D eigenvalue weighted by molar-refractivity contribution is 0.883. The first-order chi connectivity index (χ1) is 11.6. The number of hydrogen-bond donors (Lipinski definition) is 0. The van der Waals surface area contributed by atoms with Crippen LogP contribution in [0.2, 0.25) is 0 Å². The summed E-state index contributed by atoms with van der Waals surface area (Å²) in [5.41, 5.74) is 9.80. The monoisotopic (exact) mass is 314 g/mol. The van der Waals surface area contributed by atoms with E-state index in [9.17, 15) is 0 Å². The van der Waals surface area contributed by atoms with Crippen LogP contribution in [0.5, 0.6) is 0 Å². The fourth-order valence-electron chi connectivity index (χ4n) is 3.70. The highest BCUT2D eigenvalue weighted by atomic mass is 14.2. The van der Waals surface area contributed by atoms with Gasteiger partial charge in [0.25, 0.3) is 0 Å². The van der Waals surface area contributed by atoms with Crippen LogP contribution in [-0.4, -0.2) is 0 Å². The Kier molecular flexibility index (Phi) is 4.85. The second-order valence-electron chi connectivity index (χ2n) is 6.61. The lowest BCUT2D eigenvalue weighted by Gasteiger charge is -2.23. The SMILES string of the molecule is CCc1ccccc1C(C)c1c(-c2ccccc2)ccc(C)c1C. The molecule has 0 aliphatic heterocycles. The maximum Gasteiger partial charge on any atom is 0.00726 e. The average Bonchev–Trinajstić information content (AvgIpc) is 2.64. The van der Waals surface area contributed by atoms with Crippen LogP contribution in [0.15, 0.2) is 66.7 Å². The third kappa shape index (κ3) is 3.01. The summed E-state index contributed by atoms with van der Waals surface area (Å²) in [7, 11) is 0. The largest absolute Gasteiger partial charge is 0.0622 e. The second-order valence-corrected chi connectivity index (χ2v) is 6.61. The lowest BCUT2D eigenvalue weighted by Crippen LogP contribution is -2.06. The van der Waals surface area contributed by atoms with Gasteiger partial charge in [-0.05, 0) is 59.2 Å². The maximum absolute atomic E-state index is 2.35. The molecule has 122 valence electrons. The van der Waals surface area contributed by atoms with E-state index in [4.69, 9.17) is 0 Å². The first-order valence-corrected chi connectivity index (χ1v) is 8.86. The highest BCUT2D eigenvalue weighted by molar-refractivity contribution is 5.71. The molecule has 0 saturated heterocycles. The molecule has 0 aromatic heterocycles. The third-order valence-electron chi connectivity index (χ3n) is 5.21. The van der Waals surface area contributed by atoms with E-state index >= 15 is 0 Å². The molecule has 0 amide bonds. The van der Waals surface area contributed by atoms with Crippen LogP contribution in [0.4, 0.5) is 0 Å². The van der Waals surface area contributed by atoms with Crippen LogP contribution in [-0.2, 0) is 6.42 Å². The average molecular weight is 314 g/mol. The number of benzene rings is 3. The molecule has 0 aliphatic rings. The van der Waals surface area contributed by atoms with Crippen molar-refractivity contribution in [2.75, 3.05) is 0 Å². The summed E-state index contributed by atoms with van der Waals surface area (Å²) >= 11 is 0. The van der Waals surface area contributed by atoms with Crippen LogP contribution in [0.3, 0.4) is 0 Å². The molecule has 0 fully saturated rings. The van der Waals surface area contributed by atoms with Gasteiger partial charge in [0.15, 0.2) is 0 Å². The summed E-state index contributed by atoms with van der Waals surface area (Å²) in [4.78, 5) is 0. The van der Waals surface area contributed by atoms with E-state index in [1.807, 2.05) is 0 Å². The normalized spacial score (nSPS) is 12.2. The molecule has 0 N–H and O–H groups in total. The quantitative estimate of drug-likeness (QED) is 0.503. The van der Waals surface area contributed by atoms with E-state index in [0.717, 1.165) is 6.42 Å². The van der Waals surface area contributed by atoms with Crippen LogP contribution in [0.25, 0.3) is 11.1 Å². The van der Waals surface area contributed by atoms with Crippen molar-refractivity contribution in [3.05, 3.63) is 94.5 Å². The first-order valence-electron chi connectivity index (χ1n) is 8.86. The zero-order valence-corrected chi connectivity index (χ0v) is 15.1. The third-order valence-corrected chi connectivity index (χ3v) is 5.21. The van der Waals surface area contributed by atoms with Crippen molar-refractivity contribution in [3.63, 3.8) is 0 Å². The van der Waals surface area contributed by atoms with Crippen molar-refractivity contribution in [2.24, 2.45) is 0 Å². The molecule has 3 rings (SSSR count). The topological polar surface area (TPSA) is 0 Å². The fourth-order valence-corrected chi connectivity index (χ4v) is 3.70. The minimum absolute atomic E-state index is 0.385. The smallest absolute Gasteiger partial charge is 0.00726 e. The highest BCUT2D eigenvalue weighted by Crippen LogP contribution is 2.37. The zero-order valence-electron chi connectivity index (χ0n) is 15.1. The van der Waals surface area contributed by atoms with Crippen LogP contribution in [0, 0.1) is 13.8 Å². The first kappa shape index (κ1) is 16.5. The molecule has 0 saturated carbocycles. The molecule has 0 bridgehead atoms. The number of rotatable bonds is 4. The van der Waals surface area contributed by atoms with Gasteiger partial charge < -0.3 is 0 Å². The number of hydrogen-bond acceptors (Lipinski definition) is 0. The van der Waals surface area contributed by atoms with E-state index in [0.29, 0.717) is 5.92 Å². The minimum Gasteiger partial charge on any atom is -0.0622 e. The second kappa shape index (κ2) is 7.05.